The van der Waals surface area contributed by atoms with Gasteiger partial charge in [-0.15, -0.1) is 0 Å². The molecule has 2 N–H and O–H groups in total. The Morgan fingerprint density at radius 2 is 1.79 bits per heavy atom. The van der Waals surface area contributed by atoms with Crippen LogP contribution in [-0.4, -0.2) is 20.9 Å². The van der Waals surface area contributed by atoms with E-state index in [1.165, 1.54) is 23.8 Å². The average molecular weight is 461 g/mol. The third kappa shape index (κ3) is 4.73. The number of nitrogens with zero attached hydrogens (tertiary/aromatic N) is 2. The van der Waals surface area contributed by atoms with Crippen LogP contribution in [0.15, 0.2) is 59.0 Å². The number of aromatic nitrogens is 1. The molecule has 8 nitrogen and oxygen atoms in total. The molecule has 0 unspecified atom stereocenters. The van der Waals surface area contributed by atoms with Crippen molar-refractivity contribution in [3.63, 3.8) is 0 Å². The summed E-state index contributed by atoms with van der Waals surface area (Å²) in [5, 5.41) is 16.6. The minimum Gasteiger partial charge on any atom is -0.436 e. The summed E-state index contributed by atoms with van der Waals surface area (Å²) in [6, 6.07) is 15.5. The summed E-state index contributed by atoms with van der Waals surface area (Å²) in [4.78, 5) is 27.5. The molecule has 0 spiro atoms. The maximum atomic E-state index is 12.5. The Balaban J connectivity index is 1.47. The molecule has 0 bridgehead atoms. The monoisotopic (exact) mass is 460 g/mol. The molecule has 4 aromatic rings. The second kappa shape index (κ2) is 8.79. The van der Waals surface area contributed by atoms with Crippen LogP contribution in [0, 0.1) is 30.9 Å². The van der Waals surface area contributed by atoms with E-state index in [1.54, 1.807) is 25.1 Å². The van der Waals surface area contributed by atoms with E-state index in [1.807, 2.05) is 32.0 Å². The fraction of sp³-hybridized carbons (Fsp3) is 0.125. The van der Waals surface area contributed by atoms with Gasteiger partial charge in [-0.3, -0.25) is 20.2 Å². The first-order valence-corrected chi connectivity index (χ1v) is 10.5. The van der Waals surface area contributed by atoms with Gasteiger partial charge in [-0.05, 0) is 86.6 Å². The average Bonchev–Trinajstić information content (AvgIpc) is 3.18. The van der Waals surface area contributed by atoms with E-state index in [4.69, 9.17) is 16.6 Å². The number of nitro benzene ring substituents is 1. The predicted molar refractivity (Wildman–Crippen MR) is 130 cm³/mol. The number of benzene rings is 3. The number of hydrogen-bond donors (Lipinski definition) is 2. The van der Waals surface area contributed by atoms with Gasteiger partial charge in [0, 0.05) is 28.4 Å². The molecule has 0 saturated heterocycles. The number of fused-ring (bicyclic) bond motifs is 1. The molecule has 1 aromatic heterocycles. The van der Waals surface area contributed by atoms with Crippen LogP contribution in [0.3, 0.4) is 0 Å². The molecule has 0 radical (unpaired) electrons. The number of carbonyl (C=O) groups is 1. The van der Waals surface area contributed by atoms with E-state index in [-0.39, 0.29) is 16.4 Å². The Morgan fingerprint density at radius 1 is 1.00 bits per heavy atom. The number of anilines is 1. The third-order valence-corrected chi connectivity index (χ3v) is 5.49. The van der Waals surface area contributed by atoms with Crippen LogP contribution in [0.4, 0.5) is 11.4 Å². The topological polar surface area (TPSA) is 110 Å². The lowest BCUT2D eigenvalue weighted by atomic mass is 10.1. The molecule has 33 heavy (non-hydrogen) atoms. The van der Waals surface area contributed by atoms with Crippen molar-refractivity contribution < 1.29 is 14.1 Å². The molecule has 0 fully saturated rings. The van der Waals surface area contributed by atoms with Crippen molar-refractivity contribution in [1.29, 1.82) is 0 Å². The number of rotatable bonds is 4. The second-order valence-corrected chi connectivity index (χ2v) is 8.08. The van der Waals surface area contributed by atoms with Crippen molar-refractivity contribution in [2.75, 3.05) is 5.32 Å². The smallest absolute Gasteiger partial charge is 0.272 e. The zero-order valence-corrected chi connectivity index (χ0v) is 18.9. The zero-order chi connectivity index (χ0) is 23.7. The summed E-state index contributed by atoms with van der Waals surface area (Å²) >= 11 is 5.25. The van der Waals surface area contributed by atoms with Crippen LogP contribution in [0.5, 0.6) is 0 Å². The molecule has 0 aliphatic rings. The van der Waals surface area contributed by atoms with Crippen molar-refractivity contribution in [2.45, 2.75) is 20.8 Å². The molecule has 0 atom stereocenters. The van der Waals surface area contributed by atoms with Gasteiger partial charge in [0.05, 0.1) is 4.92 Å². The minimum absolute atomic E-state index is 0.0478. The van der Waals surface area contributed by atoms with Crippen LogP contribution in [0.2, 0.25) is 0 Å². The number of hydrogen-bond acceptors (Lipinski definition) is 6. The van der Waals surface area contributed by atoms with Crippen molar-refractivity contribution in [3.05, 3.63) is 87.0 Å². The van der Waals surface area contributed by atoms with Gasteiger partial charge in [0.1, 0.15) is 5.52 Å². The molecule has 0 aliphatic carbocycles. The number of amides is 1. The molecule has 3 aromatic carbocycles. The van der Waals surface area contributed by atoms with Crippen molar-refractivity contribution in [3.8, 4) is 11.5 Å². The lowest BCUT2D eigenvalue weighted by Crippen LogP contribution is -2.34. The van der Waals surface area contributed by atoms with Gasteiger partial charge in [0.2, 0.25) is 5.89 Å². The second-order valence-electron chi connectivity index (χ2n) is 7.67. The summed E-state index contributed by atoms with van der Waals surface area (Å²) in [5.74, 6) is 0.0553. The number of nitro groups is 1. The van der Waals surface area contributed by atoms with E-state index >= 15 is 0 Å². The zero-order valence-electron chi connectivity index (χ0n) is 18.1. The van der Waals surface area contributed by atoms with Gasteiger partial charge in [-0.2, -0.15) is 0 Å². The molecule has 0 aliphatic heterocycles. The number of oxazole rings is 1. The van der Waals surface area contributed by atoms with Crippen molar-refractivity contribution in [1.82, 2.24) is 10.3 Å². The van der Waals surface area contributed by atoms with E-state index in [0.717, 1.165) is 11.1 Å². The highest BCUT2D eigenvalue weighted by Crippen LogP contribution is 2.27. The summed E-state index contributed by atoms with van der Waals surface area (Å²) in [7, 11) is 0. The number of thiocarbonyl (C=S) groups is 1. The van der Waals surface area contributed by atoms with Crippen molar-refractivity contribution in [2.24, 2.45) is 0 Å². The lowest BCUT2D eigenvalue weighted by molar-refractivity contribution is -0.385. The Bertz CT molecular complexity index is 1430. The van der Waals surface area contributed by atoms with Gasteiger partial charge in [0.25, 0.3) is 11.6 Å². The molecule has 0 saturated carbocycles. The fourth-order valence-electron chi connectivity index (χ4n) is 3.34. The molecular weight excluding hydrogens is 440 g/mol. The standard InChI is InChI=1S/C24H20N4O4S/c1-13-4-5-17(10-14(13)2)23-26-19-12-18(7-9-21(19)32-23)25-24(33)27-22(29)16-6-8-20(28(30)31)15(3)11-16/h4-12H,1-3H3,(H2,25,27,29,33). The molecule has 1 amide bonds. The van der Waals surface area contributed by atoms with E-state index in [2.05, 4.69) is 15.6 Å². The first kappa shape index (κ1) is 22.1. The Hall–Kier alpha value is -4.11. The molecule has 4 rings (SSSR count). The largest absolute Gasteiger partial charge is 0.436 e. The van der Waals surface area contributed by atoms with Crippen LogP contribution in [-0.2, 0) is 0 Å². The van der Waals surface area contributed by atoms with Crippen LogP contribution < -0.4 is 10.6 Å². The highest BCUT2D eigenvalue weighted by molar-refractivity contribution is 7.80. The van der Waals surface area contributed by atoms with E-state index < -0.39 is 10.8 Å². The highest BCUT2D eigenvalue weighted by atomic mass is 32.1. The van der Waals surface area contributed by atoms with Gasteiger partial charge in [-0.25, -0.2) is 4.98 Å². The van der Waals surface area contributed by atoms with Gasteiger partial charge >= 0.3 is 0 Å². The molecular formula is C24H20N4O4S. The quantitative estimate of drug-likeness (QED) is 0.236. The number of aryl methyl sites for hydroxylation is 3. The normalized spacial score (nSPS) is 10.8. The van der Waals surface area contributed by atoms with E-state index in [9.17, 15) is 14.9 Å². The first-order chi connectivity index (χ1) is 15.7. The van der Waals surface area contributed by atoms with Crippen LogP contribution in [0.25, 0.3) is 22.6 Å². The van der Waals surface area contributed by atoms with E-state index in [0.29, 0.717) is 28.2 Å². The highest BCUT2D eigenvalue weighted by Gasteiger charge is 2.15. The summed E-state index contributed by atoms with van der Waals surface area (Å²) in [5.41, 5.74) is 5.77. The Kier molecular flexibility index (Phi) is 5.89. The molecule has 1 heterocycles. The van der Waals surface area contributed by atoms with Crippen molar-refractivity contribution >= 4 is 45.7 Å². The SMILES string of the molecule is Cc1ccc(-c2nc3cc(NC(=S)NC(=O)c4ccc([N+](=O)[O-])c(C)c4)ccc3o2)cc1C. The van der Waals surface area contributed by atoms with Gasteiger partial charge in [0.15, 0.2) is 10.7 Å². The Morgan fingerprint density at radius 3 is 2.48 bits per heavy atom. The van der Waals surface area contributed by atoms with Crippen LogP contribution >= 0.6 is 12.2 Å². The van der Waals surface area contributed by atoms with Gasteiger partial charge < -0.3 is 9.73 Å². The first-order valence-electron chi connectivity index (χ1n) is 10.1. The summed E-state index contributed by atoms with van der Waals surface area (Å²) in [6.07, 6.45) is 0. The number of carbonyl (C=O) groups excluding carboxylic acids is 1. The summed E-state index contributed by atoms with van der Waals surface area (Å²) < 4.78 is 5.88. The Labute approximate surface area is 194 Å². The van der Waals surface area contributed by atoms with Gasteiger partial charge in [-0.1, -0.05) is 6.07 Å². The maximum absolute atomic E-state index is 12.5. The fourth-order valence-corrected chi connectivity index (χ4v) is 3.55. The summed E-state index contributed by atoms with van der Waals surface area (Å²) in [6.45, 7) is 5.66. The maximum Gasteiger partial charge on any atom is 0.272 e. The molecule has 166 valence electrons. The molecule has 9 heteroatoms. The third-order valence-electron chi connectivity index (χ3n) is 5.28. The minimum atomic E-state index is -0.491. The van der Waals surface area contributed by atoms with Crippen LogP contribution in [0.1, 0.15) is 27.0 Å². The lowest BCUT2D eigenvalue weighted by Gasteiger charge is -2.10. The predicted octanol–water partition coefficient (Wildman–Crippen LogP) is 5.46. The number of nitrogens with one attached hydrogen (secondary N) is 2.